The van der Waals surface area contributed by atoms with Crippen LogP contribution < -0.4 is 4.74 Å². The van der Waals surface area contributed by atoms with E-state index in [4.69, 9.17) is 52.1 Å². The van der Waals surface area contributed by atoms with Crippen molar-refractivity contribution in [3.05, 3.63) is 29.8 Å². The Balaban J connectivity index is 1.60. The largest absolute Gasteiger partial charge is 0.497 e. The lowest BCUT2D eigenvalue weighted by molar-refractivity contribution is -0.370. The zero-order valence-electron chi connectivity index (χ0n) is 29.2. The van der Waals surface area contributed by atoms with E-state index in [1.807, 2.05) is 12.1 Å². The van der Waals surface area contributed by atoms with Crippen LogP contribution in [0.1, 0.15) is 46.0 Å². The van der Waals surface area contributed by atoms with Gasteiger partial charge in [-0.05, 0) is 18.2 Å². The van der Waals surface area contributed by atoms with Crippen LogP contribution in [0.4, 0.5) is 0 Å². The Hall–Kier alpha value is -3.12. The maximum atomic E-state index is 12.5. The summed E-state index contributed by atoms with van der Waals surface area (Å²) in [6, 6.07) is 8.00. The summed E-state index contributed by atoms with van der Waals surface area (Å²) in [5.74, 6) is -1.90. The van der Waals surface area contributed by atoms with Crippen LogP contribution in [0.15, 0.2) is 24.3 Å². The van der Waals surface area contributed by atoms with Gasteiger partial charge in [0.15, 0.2) is 37.2 Å². The van der Waals surface area contributed by atoms with Gasteiger partial charge in [0.1, 0.15) is 30.7 Å². The van der Waals surface area contributed by atoms with Gasteiger partial charge in [0.05, 0.1) is 19.8 Å². The molecule has 3 fully saturated rings. The number of methoxy groups -OCH3 is 1. The molecule has 3 heterocycles. The number of carbonyl (C=O) groups excluding carboxylic acids is 4. The Kier molecular flexibility index (Phi) is 13.6. The molecular weight excluding hydrogens is 664 g/mol. The number of hydrogen-bond donors (Lipinski definition) is 0. The van der Waals surface area contributed by atoms with E-state index in [0.29, 0.717) is 5.75 Å². The fourth-order valence-electron chi connectivity index (χ4n) is 5.67. The van der Waals surface area contributed by atoms with Crippen LogP contribution in [0.25, 0.3) is 0 Å². The minimum absolute atomic E-state index is 0.114. The summed E-state index contributed by atoms with van der Waals surface area (Å²) in [4.78, 5) is 48.9. The molecule has 274 valence electrons. The number of ether oxygens (including phenoxy) is 11. The fraction of sp³-hybridized carbons (Fsp3) is 0.697. The third-order valence-electron chi connectivity index (χ3n) is 7.98. The molecular formula is C33H48O15Si. The highest BCUT2D eigenvalue weighted by molar-refractivity contribution is 6.76. The van der Waals surface area contributed by atoms with Crippen molar-refractivity contribution in [3.8, 4) is 5.75 Å². The second-order valence-electron chi connectivity index (χ2n) is 13.3. The predicted molar refractivity (Wildman–Crippen MR) is 171 cm³/mol. The molecule has 3 aliphatic rings. The van der Waals surface area contributed by atoms with Crippen LogP contribution in [0.3, 0.4) is 0 Å². The molecule has 0 unspecified atom stereocenters. The smallest absolute Gasteiger partial charge is 0.303 e. The second kappa shape index (κ2) is 17.2. The van der Waals surface area contributed by atoms with Crippen LogP contribution in [0.2, 0.25) is 25.7 Å². The molecule has 15 nitrogen and oxygen atoms in total. The van der Waals surface area contributed by atoms with E-state index < -0.39 is 93.5 Å². The Morgan fingerprint density at radius 2 is 1.43 bits per heavy atom. The van der Waals surface area contributed by atoms with E-state index in [1.54, 1.807) is 19.2 Å². The normalized spacial score (nSPS) is 31.5. The van der Waals surface area contributed by atoms with Gasteiger partial charge in [-0.1, -0.05) is 31.8 Å². The minimum Gasteiger partial charge on any atom is -0.497 e. The highest BCUT2D eigenvalue weighted by atomic mass is 28.3. The molecule has 0 aromatic heterocycles. The van der Waals surface area contributed by atoms with Gasteiger partial charge in [-0.25, -0.2) is 0 Å². The Labute approximate surface area is 287 Å². The van der Waals surface area contributed by atoms with Crippen LogP contribution in [-0.4, -0.2) is 114 Å². The first-order valence-electron chi connectivity index (χ1n) is 16.3. The summed E-state index contributed by atoms with van der Waals surface area (Å²) >= 11 is 0. The number of fused-ring (bicyclic) bond motifs is 1. The number of esters is 4. The summed E-state index contributed by atoms with van der Waals surface area (Å²) in [7, 11) is 0.0305. The zero-order valence-corrected chi connectivity index (χ0v) is 30.2. The van der Waals surface area contributed by atoms with Gasteiger partial charge in [-0.3, -0.25) is 19.2 Å². The molecule has 0 bridgehead atoms. The molecule has 49 heavy (non-hydrogen) atoms. The molecule has 10 atom stereocenters. The van der Waals surface area contributed by atoms with Crippen molar-refractivity contribution in [2.24, 2.45) is 0 Å². The molecule has 3 aliphatic heterocycles. The lowest BCUT2D eigenvalue weighted by atomic mass is 9.97. The maximum absolute atomic E-state index is 12.5. The standard InChI is InChI=1S/C33H48O15Si/c1-18(34)40-17-27-28(29(43-20(3)36)30(44-21(4)37)33(47-27)39-13-14-49(6,7)8)48-32-25(42-19(2)35)15-24-26(46-32)16-41-31(45-24)22-9-11-23(38-5)12-10-22/h9-12,24-33H,13-17H2,1-8H3/t24-,25-,26-,27-,28-,29+,30-,31+,32+,33-/m1/s1. The molecule has 0 spiro atoms. The maximum Gasteiger partial charge on any atom is 0.303 e. The number of benzene rings is 1. The topological polar surface area (TPSA) is 170 Å². The van der Waals surface area contributed by atoms with Crippen LogP contribution in [0.5, 0.6) is 5.75 Å². The molecule has 0 N–H and O–H groups in total. The van der Waals surface area contributed by atoms with E-state index >= 15 is 0 Å². The fourth-order valence-corrected chi connectivity index (χ4v) is 6.40. The summed E-state index contributed by atoms with van der Waals surface area (Å²) in [5.41, 5.74) is 0.761. The number of rotatable bonds is 13. The van der Waals surface area contributed by atoms with Crippen LogP contribution in [0, 0.1) is 0 Å². The first-order chi connectivity index (χ1) is 23.1. The quantitative estimate of drug-likeness (QED) is 0.166. The molecule has 3 saturated heterocycles. The first-order valence-corrected chi connectivity index (χ1v) is 20.0. The molecule has 16 heteroatoms. The molecule has 0 saturated carbocycles. The molecule has 4 rings (SSSR count). The SMILES string of the molecule is COc1ccc([C@H]2OC[C@H]3O[C@@H](O[C@H]4[C@H](OC(C)=O)[C@@H](OC(C)=O)[C@H](OCC[Si](C)(C)C)O[C@@H]4COC(C)=O)[C@H](OC(C)=O)C[C@H]3O2)cc1. The number of hydrogen-bond acceptors (Lipinski definition) is 15. The van der Waals surface area contributed by atoms with Crippen molar-refractivity contribution in [2.45, 2.75) is 121 Å². The van der Waals surface area contributed by atoms with Crippen molar-refractivity contribution in [3.63, 3.8) is 0 Å². The lowest BCUT2D eigenvalue weighted by Crippen LogP contribution is -2.65. The van der Waals surface area contributed by atoms with Crippen LogP contribution in [-0.2, 0) is 66.5 Å². The van der Waals surface area contributed by atoms with Gasteiger partial charge in [0, 0.05) is 54.4 Å². The Morgan fingerprint density at radius 3 is 2.02 bits per heavy atom. The van der Waals surface area contributed by atoms with Gasteiger partial charge < -0.3 is 52.1 Å². The van der Waals surface area contributed by atoms with Gasteiger partial charge in [0.2, 0.25) is 0 Å². The summed E-state index contributed by atoms with van der Waals surface area (Å²) < 4.78 is 64.8. The molecule has 1 aromatic carbocycles. The van der Waals surface area contributed by atoms with Gasteiger partial charge in [0.25, 0.3) is 0 Å². The minimum atomic E-state index is -1.54. The molecule has 1 aromatic rings. The van der Waals surface area contributed by atoms with Gasteiger partial charge in [-0.2, -0.15) is 0 Å². The summed E-state index contributed by atoms with van der Waals surface area (Å²) in [5, 5.41) is 0. The predicted octanol–water partition coefficient (Wildman–Crippen LogP) is 3.05. The number of carbonyl (C=O) groups is 4. The van der Waals surface area contributed by atoms with E-state index in [1.165, 1.54) is 27.7 Å². The average Bonchev–Trinajstić information content (AvgIpc) is 3.01. The van der Waals surface area contributed by atoms with Crippen LogP contribution >= 0.6 is 0 Å². The third-order valence-corrected chi connectivity index (χ3v) is 9.68. The van der Waals surface area contributed by atoms with E-state index in [0.717, 1.165) is 11.6 Å². The average molecular weight is 713 g/mol. The van der Waals surface area contributed by atoms with Crippen molar-refractivity contribution in [1.82, 2.24) is 0 Å². The van der Waals surface area contributed by atoms with Gasteiger partial charge >= 0.3 is 23.9 Å². The Morgan fingerprint density at radius 1 is 0.776 bits per heavy atom. The van der Waals surface area contributed by atoms with Crippen molar-refractivity contribution in [2.75, 3.05) is 26.9 Å². The second-order valence-corrected chi connectivity index (χ2v) is 18.9. The highest BCUT2D eigenvalue weighted by Crippen LogP contribution is 2.38. The van der Waals surface area contributed by atoms with E-state index in [-0.39, 0.29) is 26.2 Å². The summed E-state index contributed by atoms with van der Waals surface area (Å²) in [6.45, 7) is 11.5. The third kappa shape index (κ3) is 11.2. The first kappa shape index (κ1) is 38.7. The monoisotopic (exact) mass is 712 g/mol. The molecule has 0 aliphatic carbocycles. The zero-order chi connectivity index (χ0) is 35.9. The van der Waals surface area contributed by atoms with Crippen molar-refractivity contribution >= 4 is 32.0 Å². The highest BCUT2D eigenvalue weighted by Gasteiger charge is 2.54. The lowest BCUT2D eigenvalue weighted by Gasteiger charge is -2.48. The molecule has 0 radical (unpaired) electrons. The van der Waals surface area contributed by atoms with Crippen molar-refractivity contribution < 1.29 is 71.3 Å². The summed E-state index contributed by atoms with van der Waals surface area (Å²) in [6.07, 6.45) is -10.1. The van der Waals surface area contributed by atoms with E-state index in [2.05, 4.69) is 19.6 Å². The van der Waals surface area contributed by atoms with Crippen molar-refractivity contribution in [1.29, 1.82) is 0 Å². The van der Waals surface area contributed by atoms with Gasteiger partial charge in [-0.15, -0.1) is 0 Å². The molecule has 0 amide bonds. The van der Waals surface area contributed by atoms with E-state index in [9.17, 15) is 19.2 Å². The Bertz CT molecular complexity index is 1280.